The highest BCUT2D eigenvalue weighted by Gasteiger charge is 2.47. The molecule has 1 saturated heterocycles. The number of hydrogen-bond donors (Lipinski definition) is 1. The van der Waals surface area contributed by atoms with Crippen LogP contribution in [-0.2, 0) is 24.2 Å². The maximum Gasteiger partial charge on any atom is 0.218 e. The zero-order chi connectivity index (χ0) is 34.0. The van der Waals surface area contributed by atoms with Gasteiger partial charge in [-0.15, -0.1) is 0 Å². The first-order valence-electron chi connectivity index (χ1n) is 16.7. The summed E-state index contributed by atoms with van der Waals surface area (Å²) in [5.74, 6) is 1.57. The summed E-state index contributed by atoms with van der Waals surface area (Å²) in [7, 11) is 3.29. The summed E-state index contributed by atoms with van der Waals surface area (Å²) in [5, 5.41) is 8.15. The van der Waals surface area contributed by atoms with Crippen molar-refractivity contribution in [3.63, 3.8) is 0 Å². The standard InChI is InChI=1S/C39H39Cl2N5O3/c1-48-37-25(7-3-4-8-27-18-20-42-45-27)13-15-33(43-37)31-11-5-9-29(35(31)40)30-10-6-12-32(36(30)41)34-16-14-26(38(44-34)49-2)22-46-23-39(24-46)19-17-28(47)21-39/h5-6,9-16,18,20H,3-4,7-8,17,19,21-24H2,1-2H3,(H,42,45). The minimum atomic E-state index is 0.178. The molecular weight excluding hydrogens is 657 g/mol. The molecule has 1 aliphatic carbocycles. The number of pyridine rings is 2. The molecule has 4 heterocycles. The van der Waals surface area contributed by atoms with Crippen LogP contribution < -0.4 is 9.47 Å². The maximum absolute atomic E-state index is 11.9. The number of ketones is 1. The van der Waals surface area contributed by atoms with E-state index < -0.39 is 0 Å². The third-order valence-corrected chi connectivity index (χ3v) is 10.6. The first-order chi connectivity index (χ1) is 23.9. The van der Waals surface area contributed by atoms with E-state index in [0.717, 1.165) is 103 Å². The van der Waals surface area contributed by atoms with Gasteiger partial charge in [0.1, 0.15) is 5.78 Å². The lowest BCUT2D eigenvalue weighted by molar-refractivity contribution is -0.119. The SMILES string of the molecule is COc1nc(-c2cccc(-c3cccc(-c4ccc(CN5CC6(CCC(=O)C6)C5)c(OC)n4)c3Cl)c2Cl)ccc1CCCCc1ccn[nH]1. The largest absolute Gasteiger partial charge is 0.481 e. The van der Waals surface area contributed by atoms with Crippen LogP contribution in [0.4, 0.5) is 0 Å². The zero-order valence-corrected chi connectivity index (χ0v) is 29.3. The van der Waals surface area contributed by atoms with E-state index in [-0.39, 0.29) is 5.41 Å². The van der Waals surface area contributed by atoms with Gasteiger partial charge in [-0.25, -0.2) is 9.97 Å². The number of Topliss-reactive ketones (excluding diaryl/α,β-unsaturated/α-hetero) is 1. The number of halogens is 2. The van der Waals surface area contributed by atoms with Crippen LogP contribution in [0.15, 0.2) is 72.9 Å². The Labute approximate surface area is 296 Å². The Hall–Kier alpha value is -4.24. The van der Waals surface area contributed by atoms with Crippen molar-refractivity contribution in [3.05, 3.63) is 99.8 Å². The second-order valence-corrected chi connectivity index (χ2v) is 14.0. The lowest BCUT2D eigenvalue weighted by Crippen LogP contribution is -2.54. The van der Waals surface area contributed by atoms with Crippen molar-refractivity contribution in [2.24, 2.45) is 5.41 Å². The number of benzene rings is 2. The second kappa shape index (κ2) is 14.3. The van der Waals surface area contributed by atoms with Crippen molar-refractivity contribution in [1.82, 2.24) is 25.1 Å². The number of likely N-dealkylation sites (tertiary alicyclic amines) is 1. The Morgan fingerprint density at radius 1 is 0.776 bits per heavy atom. The molecule has 7 rings (SSSR count). The van der Waals surface area contributed by atoms with E-state index in [2.05, 4.69) is 27.2 Å². The molecule has 49 heavy (non-hydrogen) atoms. The maximum atomic E-state index is 11.9. The number of methoxy groups -OCH3 is 2. The molecule has 0 radical (unpaired) electrons. The molecule has 0 bridgehead atoms. The van der Waals surface area contributed by atoms with Gasteiger partial charge in [0.25, 0.3) is 0 Å². The summed E-state index contributed by atoms with van der Waals surface area (Å²) in [6.45, 7) is 2.61. The van der Waals surface area contributed by atoms with Crippen LogP contribution in [0.25, 0.3) is 33.6 Å². The number of aromatic nitrogens is 4. The number of carbonyl (C=O) groups excluding carboxylic acids is 1. The number of rotatable bonds is 12. The lowest BCUT2D eigenvalue weighted by atomic mass is 9.78. The Kier molecular flexibility index (Phi) is 9.72. The van der Waals surface area contributed by atoms with Gasteiger partial charge in [0.05, 0.1) is 35.7 Å². The quantitative estimate of drug-likeness (QED) is 0.131. The van der Waals surface area contributed by atoms with E-state index in [0.29, 0.717) is 39.7 Å². The molecule has 1 N–H and O–H groups in total. The summed E-state index contributed by atoms with van der Waals surface area (Å²) in [4.78, 5) is 24.0. The Morgan fingerprint density at radius 2 is 1.37 bits per heavy atom. The number of carbonyl (C=O) groups is 1. The van der Waals surface area contributed by atoms with E-state index in [1.54, 1.807) is 20.4 Å². The molecular formula is C39H39Cl2N5O3. The first-order valence-corrected chi connectivity index (χ1v) is 17.5. The Bertz CT molecular complexity index is 1970. The number of aromatic amines is 1. The summed E-state index contributed by atoms with van der Waals surface area (Å²) in [6.07, 6.45) is 8.08. The van der Waals surface area contributed by atoms with Gasteiger partial charge in [0.2, 0.25) is 11.8 Å². The molecule has 1 aliphatic heterocycles. The van der Waals surface area contributed by atoms with Gasteiger partial charge in [-0.1, -0.05) is 71.7 Å². The van der Waals surface area contributed by atoms with Crippen LogP contribution in [-0.4, -0.2) is 58.2 Å². The second-order valence-electron chi connectivity index (χ2n) is 13.2. The van der Waals surface area contributed by atoms with Crippen LogP contribution in [0.3, 0.4) is 0 Å². The molecule has 0 unspecified atom stereocenters. The molecule has 0 amide bonds. The van der Waals surface area contributed by atoms with Gasteiger partial charge in [0, 0.05) is 83.2 Å². The van der Waals surface area contributed by atoms with E-state index in [9.17, 15) is 4.79 Å². The number of H-pyrrole nitrogens is 1. The summed E-state index contributed by atoms with van der Waals surface area (Å²) in [6, 6.07) is 21.9. The van der Waals surface area contributed by atoms with Crippen molar-refractivity contribution in [2.75, 3.05) is 27.3 Å². The fourth-order valence-corrected chi connectivity index (χ4v) is 8.01. The van der Waals surface area contributed by atoms with Gasteiger partial charge in [-0.05, 0) is 50.3 Å². The predicted octanol–water partition coefficient (Wildman–Crippen LogP) is 8.65. The fourth-order valence-electron chi connectivity index (χ4n) is 7.36. The molecule has 2 aliphatic rings. The van der Waals surface area contributed by atoms with Gasteiger partial charge >= 0.3 is 0 Å². The highest BCUT2D eigenvalue weighted by atomic mass is 35.5. The van der Waals surface area contributed by atoms with E-state index >= 15 is 0 Å². The van der Waals surface area contributed by atoms with Crippen molar-refractivity contribution in [2.45, 2.75) is 51.5 Å². The molecule has 8 nitrogen and oxygen atoms in total. The van der Waals surface area contributed by atoms with Gasteiger partial charge in [-0.3, -0.25) is 14.8 Å². The normalized spacial score (nSPS) is 15.5. The molecule has 1 spiro atoms. The summed E-state index contributed by atoms with van der Waals surface area (Å²) < 4.78 is 11.5. The summed E-state index contributed by atoms with van der Waals surface area (Å²) in [5.41, 5.74) is 8.02. The van der Waals surface area contributed by atoms with Crippen molar-refractivity contribution in [1.29, 1.82) is 0 Å². The number of nitrogens with zero attached hydrogens (tertiary/aromatic N) is 4. The van der Waals surface area contributed by atoms with E-state index in [1.165, 1.54) is 0 Å². The molecule has 252 valence electrons. The topological polar surface area (TPSA) is 93.2 Å². The van der Waals surface area contributed by atoms with E-state index in [1.807, 2.05) is 54.6 Å². The minimum Gasteiger partial charge on any atom is -0.481 e. The van der Waals surface area contributed by atoms with Crippen LogP contribution in [0.5, 0.6) is 11.8 Å². The lowest BCUT2D eigenvalue weighted by Gasteiger charge is -2.48. The number of ether oxygens (including phenoxy) is 2. The molecule has 5 aromatic rings. The predicted molar refractivity (Wildman–Crippen MR) is 193 cm³/mol. The third-order valence-electron chi connectivity index (χ3n) is 9.82. The average Bonchev–Trinajstić information content (AvgIpc) is 3.77. The molecule has 0 atom stereocenters. The Balaban J connectivity index is 1.09. The Morgan fingerprint density at radius 3 is 1.94 bits per heavy atom. The number of nitrogens with one attached hydrogen (secondary N) is 1. The highest BCUT2D eigenvalue weighted by molar-refractivity contribution is 6.39. The monoisotopic (exact) mass is 695 g/mol. The first kappa shape index (κ1) is 33.3. The molecule has 2 fully saturated rings. The zero-order valence-electron chi connectivity index (χ0n) is 27.8. The van der Waals surface area contributed by atoms with Crippen molar-refractivity contribution < 1.29 is 14.3 Å². The van der Waals surface area contributed by atoms with Crippen LogP contribution in [0.1, 0.15) is 48.9 Å². The van der Waals surface area contributed by atoms with Crippen LogP contribution >= 0.6 is 23.2 Å². The molecule has 2 aromatic carbocycles. The number of aryl methyl sites for hydroxylation is 2. The minimum absolute atomic E-state index is 0.178. The van der Waals surface area contributed by atoms with Gasteiger partial charge < -0.3 is 9.47 Å². The summed E-state index contributed by atoms with van der Waals surface area (Å²) >= 11 is 14.2. The number of unbranched alkanes of at least 4 members (excludes halogenated alkanes) is 1. The van der Waals surface area contributed by atoms with Crippen LogP contribution in [0, 0.1) is 5.41 Å². The number of hydrogen-bond acceptors (Lipinski definition) is 7. The molecule has 1 saturated carbocycles. The van der Waals surface area contributed by atoms with Crippen LogP contribution in [0.2, 0.25) is 10.0 Å². The van der Waals surface area contributed by atoms with Gasteiger partial charge in [0.15, 0.2) is 0 Å². The third kappa shape index (κ3) is 6.95. The van der Waals surface area contributed by atoms with Crippen molar-refractivity contribution >= 4 is 29.0 Å². The smallest absolute Gasteiger partial charge is 0.218 e. The van der Waals surface area contributed by atoms with E-state index in [4.69, 9.17) is 42.6 Å². The van der Waals surface area contributed by atoms with Gasteiger partial charge in [-0.2, -0.15) is 5.10 Å². The average molecular weight is 697 g/mol. The van der Waals surface area contributed by atoms with Crippen molar-refractivity contribution in [3.8, 4) is 45.4 Å². The highest BCUT2D eigenvalue weighted by Crippen LogP contribution is 2.45. The molecule has 10 heteroatoms. The molecule has 3 aromatic heterocycles. The fraction of sp³-hybridized carbons (Fsp3) is 0.333.